The van der Waals surface area contributed by atoms with Crippen molar-refractivity contribution in [2.24, 2.45) is 11.0 Å². The monoisotopic (exact) mass is 530 g/mol. The van der Waals surface area contributed by atoms with E-state index in [2.05, 4.69) is 34.1 Å². The first-order valence-corrected chi connectivity index (χ1v) is 12.5. The van der Waals surface area contributed by atoms with Gasteiger partial charge in [-0.15, -0.1) is 0 Å². The van der Waals surface area contributed by atoms with Gasteiger partial charge >= 0.3 is 0 Å². The minimum absolute atomic E-state index is 0.0992. The van der Waals surface area contributed by atoms with Gasteiger partial charge in [0.1, 0.15) is 11.5 Å². The molecule has 1 aliphatic heterocycles. The summed E-state index contributed by atoms with van der Waals surface area (Å²) in [7, 11) is 3.33. The Morgan fingerprint density at radius 3 is 2.34 bits per heavy atom. The smallest absolute Gasteiger partial charge is 0.274 e. The molecule has 1 aliphatic carbocycles. The number of methoxy groups -OCH3 is 2. The van der Waals surface area contributed by atoms with Crippen molar-refractivity contribution >= 4 is 33.6 Å². The van der Waals surface area contributed by atoms with Crippen LogP contribution in [0.5, 0.6) is 11.5 Å². The number of fused-ring (bicyclic) bond motifs is 1. The number of rotatable bonds is 5. The van der Waals surface area contributed by atoms with Crippen LogP contribution in [0.25, 0.3) is 6.08 Å². The Labute approximate surface area is 214 Å². The van der Waals surface area contributed by atoms with E-state index in [4.69, 9.17) is 14.6 Å². The highest BCUT2D eigenvalue weighted by atomic mass is 79.9. The Hall–Kier alpha value is -3.38. The number of ether oxygens (including phenoxy) is 2. The van der Waals surface area contributed by atoms with Crippen LogP contribution in [-0.4, -0.2) is 30.8 Å². The number of hydrogen-bond donors (Lipinski definition) is 0. The van der Waals surface area contributed by atoms with Crippen LogP contribution in [0.4, 0.5) is 0 Å². The van der Waals surface area contributed by atoms with Gasteiger partial charge in [0.25, 0.3) is 5.91 Å². The summed E-state index contributed by atoms with van der Waals surface area (Å²) in [6.45, 7) is 0. The van der Waals surface area contributed by atoms with E-state index < -0.39 is 0 Å². The molecule has 178 valence electrons. The van der Waals surface area contributed by atoms with E-state index in [1.807, 2.05) is 60.7 Å². The van der Waals surface area contributed by atoms with E-state index in [0.29, 0.717) is 5.56 Å². The van der Waals surface area contributed by atoms with Crippen molar-refractivity contribution < 1.29 is 14.3 Å². The van der Waals surface area contributed by atoms with Crippen molar-refractivity contribution in [2.75, 3.05) is 14.2 Å². The summed E-state index contributed by atoms with van der Waals surface area (Å²) < 4.78 is 11.5. The molecule has 0 aromatic heterocycles. The Balaban J connectivity index is 1.56. The average Bonchev–Trinajstić information content (AvgIpc) is 3.29. The summed E-state index contributed by atoms with van der Waals surface area (Å²) in [6.07, 6.45) is 5.17. The fourth-order valence-corrected chi connectivity index (χ4v) is 5.36. The molecule has 0 radical (unpaired) electrons. The van der Waals surface area contributed by atoms with Gasteiger partial charge in [0.05, 0.1) is 26.0 Å². The molecule has 1 fully saturated rings. The van der Waals surface area contributed by atoms with Crippen LogP contribution in [0.1, 0.15) is 46.8 Å². The second-order valence-corrected chi connectivity index (χ2v) is 9.72. The predicted octanol–water partition coefficient (Wildman–Crippen LogP) is 6.90. The Kier molecular flexibility index (Phi) is 6.73. The van der Waals surface area contributed by atoms with Gasteiger partial charge < -0.3 is 9.47 Å². The van der Waals surface area contributed by atoms with E-state index in [9.17, 15) is 4.79 Å². The van der Waals surface area contributed by atoms with Gasteiger partial charge in [0.15, 0.2) is 0 Å². The van der Waals surface area contributed by atoms with Crippen molar-refractivity contribution in [1.29, 1.82) is 0 Å². The number of halogens is 1. The highest BCUT2D eigenvalue weighted by molar-refractivity contribution is 9.10. The average molecular weight is 531 g/mol. The second-order valence-electron chi connectivity index (χ2n) is 8.80. The minimum atomic E-state index is -0.165. The molecule has 5 nitrogen and oxygen atoms in total. The SMILES string of the molecule is COc1ccc(/C=C2\CCC[C@@H]3C2=NN(C(=O)c2cccc(Br)c2)[C@@H]3c2ccc(OC)cc2)cc1. The molecular formula is C29H27BrN2O3. The third-order valence-corrected chi connectivity index (χ3v) is 7.19. The number of nitrogens with zero attached hydrogens (tertiary/aromatic N) is 2. The van der Waals surface area contributed by atoms with Crippen LogP contribution in [-0.2, 0) is 0 Å². The fraction of sp³-hybridized carbons (Fsp3) is 0.241. The molecule has 0 unspecified atom stereocenters. The lowest BCUT2D eigenvalue weighted by atomic mass is 9.77. The Morgan fingerprint density at radius 2 is 1.69 bits per heavy atom. The summed E-state index contributed by atoms with van der Waals surface area (Å²) >= 11 is 3.49. The number of benzene rings is 3. The van der Waals surface area contributed by atoms with Crippen LogP contribution in [0.3, 0.4) is 0 Å². The molecule has 0 spiro atoms. The summed E-state index contributed by atoms with van der Waals surface area (Å²) in [5, 5.41) is 6.68. The zero-order valence-electron chi connectivity index (χ0n) is 19.8. The summed E-state index contributed by atoms with van der Waals surface area (Å²) in [6, 6.07) is 23.4. The molecular weight excluding hydrogens is 504 g/mol. The van der Waals surface area contributed by atoms with Crippen molar-refractivity contribution in [3.63, 3.8) is 0 Å². The molecule has 2 atom stereocenters. The van der Waals surface area contributed by atoms with Crippen LogP contribution in [0.15, 0.2) is 87.9 Å². The number of allylic oxidation sites excluding steroid dienone is 1. The van der Waals surface area contributed by atoms with Gasteiger partial charge in [-0.05, 0) is 84.5 Å². The number of amides is 1. The summed E-state index contributed by atoms with van der Waals surface area (Å²) in [5.74, 6) is 1.66. The van der Waals surface area contributed by atoms with Crippen LogP contribution in [0.2, 0.25) is 0 Å². The molecule has 1 saturated carbocycles. The third-order valence-electron chi connectivity index (χ3n) is 6.70. The standard InChI is InChI=1S/C29H27BrN2O3/c1-34-24-13-9-19(10-14-24)17-21-5-4-8-26-27(21)31-32(29(33)22-6-3-7-23(30)18-22)28(26)20-11-15-25(35-2)16-12-20/h3,6-7,9-18,26,28H,4-5,8H2,1-2H3/b21-17+/t26-,28-/m1/s1. The molecule has 35 heavy (non-hydrogen) atoms. The topological polar surface area (TPSA) is 51.1 Å². The molecule has 6 heteroatoms. The number of hydrazone groups is 1. The first kappa shape index (κ1) is 23.4. The van der Waals surface area contributed by atoms with Gasteiger partial charge in [-0.25, -0.2) is 5.01 Å². The van der Waals surface area contributed by atoms with E-state index in [-0.39, 0.29) is 17.9 Å². The maximum Gasteiger partial charge on any atom is 0.274 e. The van der Waals surface area contributed by atoms with Gasteiger partial charge in [-0.1, -0.05) is 46.3 Å². The fourth-order valence-electron chi connectivity index (χ4n) is 4.96. The number of carbonyl (C=O) groups is 1. The maximum atomic E-state index is 13.7. The second kappa shape index (κ2) is 10.1. The molecule has 3 aromatic rings. The van der Waals surface area contributed by atoms with Crippen molar-refractivity contribution in [3.05, 3.63) is 99.5 Å². The molecule has 3 aromatic carbocycles. The zero-order chi connectivity index (χ0) is 24.4. The van der Waals surface area contributed by atoms with Crippen LogP contribution >= 0.6 is 15.9 Å². The van der Waals surface area contributed by atoms with Crippen molar-refractivity contribution in [2.45, 2.75) is 25.3 Å². The number of hydrogen-bond acceptors (Lipinski definition) is 4. The highest BCUT2D eigenvalue weighted by Crippen LogP contribution is 2.45. The molecule has 5 rings (SSSR count). The molecule has 0 saturated heterocycles. The van der Waals surface area contributed by atoms with Gasteiger partial charge in [-0.3, -0.25) is 4.79 Å². The molecule has 1 amide bonds. The Morgan fingerprint density at radius 1 is 1.00 bits per heavy atom. The highest BCUT2D eigenvalue weighted by Gasteiger charge is 2.44. The van der Waals surface area contributed by atoms with Crippen LogP contribution in [0, 0.1) is 5.92 Å². The summed E-state index contributed by atoms with van der Waals surface area (Å²) in [4.78, 5) is 13.7. The van der Waals surface area contributed by atoms with Crippen molar-refractivity contribution in [3.8, 4) is 11.5 Å². The van der Waals surface area contributed by atoms with Crippen molar-refractivity contribution in [1.82, 2.24) is 5.01 Å². The van der Waals surface area contributed by atoms with Gasteiger partial charge in [0.2, 0.25) is 0 Å². The van der Waals surface area contributed by atoms with Gasteiger partial charge in [0, 0.05) is 16.0 Å². The molecule has 2 aliphatic rings. The Bertz CT molecular complexity index is 1280. The number of carbonyl (C=O) groups excluding carboxylic acids is 1. The maximum absolute atomic E-state index is 13.7. The largest absolute Gasteiger partial charge is 0.497 e. The normalized spacial score (nSPS) is 20.4. The lowest BCUT2D eigenvalue weighted by Gasteiger charge is -2.29. The molecule has 0 bridgehead atoms. The third kappa shape index (κ3) is 4.76. The van der Waals surface area contributed by atoms with E-state index >= 15 is 0 Å². The lowest BCUT2D eigenvalue weighted by molar-refractivity contribution is 0.0680. The first-order chi connectivity index (χ1) is 17.1. The quantitative estimate of drug-likeness (QED) is 0.360. The zero-order valence-corrected chi connectivity index (χ0v) is 21.4. The van der Waals surface area contributed by atoms with Crippen LogP contribution < -0.4 is 9.47 Å². The molecule has 0 N–H and O–H groups in total. The minimum Gasteiger partial charge on any atom is -0.497 e. The lowest BCUT2D eigenvalue weighted by Crippen LogP contribution is -2.31. The van der Waals surface area contributed by atoms with E-state index in [1.54, 1.807) is 19.2 Å². The predicted molar refractivity (Wildman–Crippen MR) is 142 cm³/mol. The van der Waals surface area contributed by atoms with Gasteiger partial charge in [-0.2, -0.15) is 5.10 Å². The molecule has 1 heterocycles. The van der Waals surface area contributed by atoms with E-state index in [1.165, 1.54) is 5.57 Å². The first-order valence-electron chi connectivity index (χ1n) is 11.7. The summed E-state index contributed by atoms with van der Waals surface area (Å²) in [5.41, 5.74) is 4.97. The van der Waals surface area contributed by atoms with E-state index in [0.717, 1.165) is 52.1 Å².